The fraction of sp³-hybridized carbons (Fsp3) is 0.600. The summed E-state index contributed by atoms with van der Waals surface area (Å²) in [5.41, 5.74) is -0.788. The van der Waals surface area contributed by atoms with Crippen LogP contribution >= 0.6 is 0 Å². The summed E-state index contributed by atoms with van der Waals surface area (Å²) < 4.78 is 5.45. The zero-order chi connectivity index (χ0) is 13.1. The topological polar surface area (TPSA) is 90.2 Å². The lowest BCUT2D eigenvalue weighted by atomic mass is 10.2. The van der Waals surface area contributed by atoms with Gasteiger partial charge >= 0.3 is 5.69 Å². The number of anilines is 1. The van der Waals surface area contributed by atoms with Gasteiger partial charge in [-0.3, -0.25) is 10.1 Å². The molecule has 0 spiro atoms. The summed E-state index contributed by atoms with van der Waals surface area (Å²) in [5.74, 6) is 0.297. The molecule has 1 aromatic heterocycles. The maximum absolute atomic E-state index is 10.8. The van der Waals surface area contributed by atoms with Crippen molar-refractivity contribution >= 4 is 11.6 Å². The molecule has 0 atom stereocenters. The zero-order valence-electron chi connectivity index (χ0n) is 10.4. The number of nitrogens with zero attached hydrogens (tertiary/aromatic N) is 3. The number of nitrogens with one attached hydrogen (secondary N) is 1. The van der Waals surface area contributed by atoms with Gasteiger partial charge < -0.3 is 10.1 Å². The zero-order valence-corrected chi connectivity index (χ0v) is 10.4. The molecule has 0 bridgehead atoms. The Bertz CT molecular complexity index is 415. The smallest absolute Gasteiger partial charge is 0.349 e. The van der Waals surface area contributed by atoms with Gasteiger partial charge in [0.1, 0.15) is 11.8 Å². The Kier molecular flexibility index (Phi) is 3.82. The molecule has 1 heterocycles. The predicted molar refractivity (Wildman–Crippen MR) is 63.2 cm³/mol. The summed E-state index contributed by atoms with van der Waals surface area (Å²) >= 11 is 0. The van der Waals surface area contributed by atoms with Crippen LogP contribution in [0.15, 0.2) is 6.20 Å². The first-order chi connectivity index (χ1) is 7.83. The second-order valence-corrected chi connectivity index (χ2v) is 4.39. The fourth-order valence-electron chi connectivity index (χ4n) is 1.09. The van der Waals surface area contributed by atoms with Crippen molar-refractivity contribution in [3.8, 4) is 5.88 Å². The van der Waals surface area contributed by atoms with Crippen molar-refractivity contribution in [2.45, 2.75) is 33.3 Å². The maximum Gasteiger partial charge on any atom is 0.349 e. The predicted octanol–water partition coefficient (Wildman–Crippen LogP) is 1.99. The van der Waals surface area contributed by atoms with Gasteiger partial charge in [0.25, 0.3) is 5.88 Å². The van der Waals surface area contributed by atoms with Gasteiger partial charge in [-0.1, -0.05) is 0 Å². The van der Waals surface area contributed by atoms with Crippen LogP contribution in [0.1, 0.15) is 27.7 Å². The molecule has 0 aliphatic heterocycles. The first-order valence-corrected chi connectivity index (χ1v) is 5.28. The van der Waals surface area contributed by atoms with Crippen LogP contribution in [0.4, 0.5) is 11.6 Å². The van der Waals surface area contributed by atoms with Crippen LogP contribution in [0.2, 0.25) is 0 Å². The van der Waals surface area contributed by atoms with Crippen LogP contribution < -0.4 is 10.1 Å². The number of ether oxygens (including phenoxy) is 1. The van der Waals surface area contributed by atoms with Crippen LogP contribution in [0.5, 0.6) is 5.88 Å². The van der Waals surface area contributed by atoms with E-state index in [1.54, 1.807) is 20.8 Å². The fourth-order valence-corrected chi connectivity index (χ4v) is 1.09. The second-order valence-electron chi connectivity index (χ2n) is 4.39. The van der Waals surface area contributed by atoms with E-state index in [0.29, 0.717) is 12.5 Å². The Morgan fingerprint density at radius 2 is 2.18 bits per heavy atom. The minimum atomic E-state index is -0.559. The molecule has 0 aliphatic carbocycles. The average Bonchev–Trinajstić information content (AvgIpc) is 2.15. The SMILES string of the molecule is CCNc1ncc([N+](=O)[O-])c(OC(C)(C)C)n1. The molecular weight excluding hydrogens is 224 g/mol. The first kappa shape index (κ1) is 13.1. The van der Waals surface area contributed by atoms with Gasteiger partial charge in [-0.25, -0.2) is 4.98 Å². The minimum absolute atomic E-state index is 0.0200. The van der Waals surface area contributed by atoms with Gasteiger partial charge in [-0.15, -0.1) is 0 Å². The molecule has 0 saturated heterocycles. The number of hydrogen-bond donors (Lipinski definition) is 1. The van der Waals surface area contributed by atoms with Crippen LogP contribution in [0.3, 0.4) is 0 Å². The molecule has 1 rings (SSSR count). The third kappa shape index (κ3) is 3.86. The minimum Gasteiger partial charge on any atom is -0.467 e. The molecule has 7 heteroatoms. The van der Waals surface area contributed by atoms with Crippen molar-refractivity contribution in [1.82, 2.24) is 9.97 Å². The summed E-state index contributed by atoms with van der Waals surface area (Å²) in [6.45, 7) is 7.91. The average molecular weight is 240 g/mol. The third-order valence-electron chi connectivity index (χ3n) is 1.67. The van der Waals surface area contributed by atoms with E-state index in [0.717, 1.165) is 6.20 Å². The summed E-state index contributed by atoms with van der Waals surface area (Å²) in [5, 5.41) is 13.7. The summed E-state index contributed by atoms with van der Waals surface area (Å²) in [7, 11) is 0. The van der Waals surface area contributed by atoms with Crippen molar-refractivity contribution in [1.29, 1.82) is 0 Å². The summed E-state index contributed by atoms with van der Waals surface area (Å²) in [6.07, 6.45) is 1.14. The molecule has 0 aromatic carbocycles. The molecule has 7 nitrogen and oxygen atoms in total. The van der Waals surface area contributed by atoms with Gasteiger partial charge in [0.2, 0.25) is 5.95 Å². The molecule has 0 saturated carbocycles. The lowest BCUT2D eigenvalue weighted by molar-refractivity contribution is -0.386. The quantitative estimate of drug-likeness (QED) is 0.639. The summed E-state index contributed by atoms with van der Waals surface area (Å²) in [4.78, 5) is 18.1. The first-order valence-electron chi connectivity index (χ1n) is 5.28. The van der Waals surface area contributed by atoms with Gasteiger partial charge in [0.05, 0.1) is 4.92 Å². The Morgan fingerprint density at radius 3 is 2.65 bits per heavy atom. The van der Waals surface area contributed by atoms with E-state index in [-0.39, 0.29) is 11.6 Å². The van der Waals surface area contributed by atoms with Crippen molar-refractivity contribution in [2.75, 3.05) is 11.9 Å². The molecule has 94 valence electrons. The molecule has 1 N–H and O–H groups in total. The molecule has 0 aliphatic rings. The van der Waals surface area contributed by atoms with Crippen LogP contribution in [0.25, 0.3) is 0 Å². The van der Waals surface area contributed by atoms with E-state index >= 15 is 0 Å². The standard InChI is InChI=1S/C10H16N4O3/c1-5-11-9-12-6-7(14(15)16)8(13-9)17-10(2,3)4/h6H,5H2,1-4H3,(H,11,12,13). The molecule has 1 aromatic rings. The highest BCUT2D eigenvalue weighted by Crippen LogP contribution is 2.27. The number of rotatable bonds is 4. The lowest BCUT2D eigenvalue weighted by Gasteiger charge is -2.20. The van der Waals surface area contributed by atoms with E-state index in [9.17, 15) is 10.1 Å². The molecular formula is C10H16N4O3. The van der Waals surface area contributed by atoms with E-state index in [2.05, 4.69) is 15.3 Å². The van der Waals surface area contributed by atoms with Gasteiger partial charge in [0, 0.05) is 6.54 Å². The number of nitro groups is 1. The number of aromatic nitrogens is 2. The van der Waals surface area contributed by atoms with Crippen molar-refractivity contribution in [2.24, 2.45) is 0 Å². The molecule has 17 heavy (non-hydrogen) atoms. The van der Waals surface area contributed by atoms with E-state index in [1.165, 1.54) is 0 Å². The second kappa shape index (κ2) is 4.94. The highest BCUT2D eigenvalue weighted by molar-refractivity contribution is 5.43. The summed E-state index contributed by atoms with van der Waals surface area (Å²) in [6, 6.07) is 0. The number of hydrogen-bond acceptors (Lipinski definition) is 6. The largest absolute Gasteiger partial charge is 0.467 e. The van der Waals surface area contributed by atoms with Crippen LogP contribution in [-0.2, 0) is 0 Å². The normalized spacial score (nSPS) is 11.1. The Hall–Kier alpha value is -1.92. The monoisotopic (exact) mass is 240 g/mol. The Labute approximate surface area is 99.4 Å². The molecule has 0 radical (unpaired) electrons. The van der Waals surface area contributed by atoms with Gasteiger partial charge in [0.15, 0.2) is 0 Å². The van der Waals surface area contributed by atoms with Crippen molar-refractivity contribution in [3.05, 3.63) is 16.3 Å². The molecule has 0 fully saturated rings. The van der Waals surface area contributed by atoms with E-state index in [1.807, 2.05) is 6.92 Å². The highest BCUT2D eigenvalue weighted by Gasteiger charge is 2.23. The molecule has 0 unspecified atom stereocenters. The van der Waals surface area contributed by atoms with E-state index < -0.39 is 10.5 Å². The van der Waals surface area contributed by atoms with Crippen molar-refractivity contribution < 1.29 is 9.66 Å². The maximum atomic E-state index is 10.8. The van der Waals surface area contributed by atoms with Crippen LogP contribution in [0, 0.1) is 10.1 Å². The van der Waals surface area contributed by atoms with E-state index in [4.69, 9.17) is 4.74 Å². The third-order valence-corrected chi connectivity index (χ3v) is 1.67. The van der Waals surface area contributed by atoms with Crippen LogP contribution in [-0.4, -0.2) is 27.0 Å². The lowest BCUT2D eigenvalue weighted by Crippen LogP contribution is -2.24. The Balaban J connectivity index is 3.11. The van der Waals surface area contributed by atoms with Gasteiger partial charge in [-0.05, 0) is 27.7 Å². The molecule has 0 amide bonds. The highest BCUT2D eigenvalue weighted by atomic mass is 16.6. The Morgan fingerprint density at radius 1 is 1.53 bits per heavy atom. The van der Waals surface area contributed by atoms with Crippen molar-refractivity contribution in [3.63, 3.8) is 0 Å². The van der Waals surface area contributed by atoms with Gasteiger partial charge in [-0.2, -0.15) is 4.98 Å².